The number of nitrogens with one attached hydrogen (secondary N) is 1. The van der Waals surface area contributed by atoms with E-state index in [1.165, 1.54) is 17.5 Å². The third-order valence-electron chi connectivity index (χ3n) is 7.62. The smallest absolute Gasteiger partial charge is 0.164 e. The van der Waals surface area contributed by atoms with Crippen molar-refractivity contribution in [1.82, 2.24) is 19.7 Å². The van der Waals surface area contributed by atoms with Crippen molar-refractivity contribution in [2.45, 2.75) is 58.5 Å². The standard InChI is InChI=1S/C32H37F2N7O3/c1-19(2)43-29-12-28(40-15-20(3)44-21(4)16-40)24(22-14-37-39(5)17-22)11-26(29)38-30-13-31(36-18-35-30)41-27(9-10-42-41)23-7-6-8-25(33)32(23)34/h6-8,11-14,17-21,27H,9-10,15-16H2,1-5H3,(H,35,36,38)/t20-,21-,27+/m0/s1. The largest absolute Gasteiger partial charge is 0.489 e. The second kappa shape index (κ2) is 12.4. The number of hydroxylamine groups is 1. The normalized spacial score (nSPS) is 20.4. The zero-order valence-electron chi connectivity index (χ0n) is 25.5. The number of aryl methyl sites for hydroxylation is 1. The van der Waals surface area contributed by atoms with E-state index in [0.717, 1.165) is 36.0 Å². The number of hydrogen-bond acceptors (Lipinski definition) is 9. The summed E-state index contributed by atoms with van der Waals surface area (Å²) in [4.78, 5) is 17.0. The lowest BCUT2D eigenvalue weighted by molar-refractivity contribution is -0.00520. The summed E-state index contributed by atoms with van der Waals surface area (Å²) in [5, 5.41) is 9.36. The Morgan fingerprint density at radius 1 is 1.07 bits per heavy atom. The van der Waals surface area contributed by atoms with Crippen LogP contribution in [0.25, 0.3) is 11.1 Å². The first-order chi connectivity index (χ1) is 21.2. The molecule has 1 N–H and O–H groups in total. The average Bonchev–Trinajstić information content (AvgIpc) is 3.64. The molecule has 0 unspecified atom stereocenters. The van der Waals surface area contributed by atoms with E-state index in [2.05, 4.69) is 45.2 Å². The highest BCUT2D eigenvalue weighted by Crippen LogP contribution is 2.42. The fourth-order valence-electron chi connectivity index (χ4n) is 5.88. The summed E-state index contributed by atoms with van der Waals surface area (Å²) in [6.45, 7) is 9.95. The van der Waals surface area contributed by atoms with Crippen LogP contribution in [0.5, 0.6) is 5.75 Å². The minimum Gasteiger partial charge on any atom is -0.489 e. The van der Waals surface area contributed by atoms with E-state index in [4.69, 9.17) is 14.3 Å². The van der Waals surface area contributed by atoms with Crippen molar-refractivity contribution in [3.63, 3.8) is 0 Å². The maximum absolute atomic E-state index is 14.7. The highest BCUT2D eigenvalue weighted by Gasteiger charge is 2.32. The van der Waals surface area contributed by atoms with Gasteiger partial charge in [0.15, 0.2) is 17.5 Å². The van der Waals surface area contributed by atoms with Crippen molar-refractivity contribution in [2.75, 3.05) is 35.0 Å². The number of morpholine rings is 1. The van der Waals surface area contributed by atoms with Crippen molar-refractivity contribution >= 4 is 23.0 Å². The molecule has 0 radical (unpaired) electrons. The first kappa shape index (κ1) is 29.8. The number of hydrogen-bond donors (Lipinski definition) is 1. The van der Waals surface area contributed by atoms with Gasteiger partial charge in [-0.1, -0.05) is 12.1 Å². The number of ether oxygens (including phenoxy) is 2. The van der Waals surface area contributed by atoms with Crippen LogP contribution in [0.1, 0.15) is 45.7 Å². The monoisotopic (exact) mass is 605 g/mol. The second-order valence-corrected chi connectivity index (χ2v) is 11.6. The van der Waals surface area contributed by atoms with Gasteiger partial charge in [0.1, 0.15) is 17.9 Å². The Labute approximate surface area is 255 Å². The molecule has 0 amide bonds. The number of aromatic nitrogens is 4. The molecule has 44 heavy (non-hydrogen) atoms. The maximum Gasteiger partial charge on any atom is 0.164 e. The molecule has 4 aromatic rings. The van der Waals surface area contributed by atoms with Gasteiger partial charge in [-0.05, 0) is 39.8 Å². The predicted octanol–water partition coefficient (Wildman–Crippen LogP) is 6.18. The molecule has 10 nitrogen and oxygen atoms in total. The fraction of sp³-hybridized carbons (Fsp3) is 0.406. The molecule has 2 saturated heterocycles. The molecular weight excluding hydrogens is 568 g/mol. The lowest BCUT2D eigenvalue weighted by Crippen LogP contribution is -2.45. The summed E-state index contributed by atoms with van der Waals surface area (Å²) in [5.74, 6) is -0.225. The Bertz CT molecular complexity index is 1620. The molecule has 2 aliphatic heterocycles. The van der Waals surface area contributed by atoms with E-state index < -0.39 is 17.7 Å². The van der Waals surface area contributed by atoms with Gasteiger partial charge in [-0.2, -0.15) is 5.10 Å². The summed E-state index contributed by atoms with van der Waals surface area (Å²) >= 11 is 0. The summed E-state index contributed by atoms with van der Waals surface area (Å²) in [5.41, 5.74) is 3.89. The Kier molecular flexibility index (Phi) is 8.37. The molecule has 2 aromatic heterocycles. The highest BCUT2D eigenvalue weighted by atomic mass is 19.2. The summed E-state index contributed by atoms with van der Waals surface area (Å²) in [7, 11) is 1.89. The van der Waals surface area contributed by atoms with Gasteiger partial charge < -0.3 is 19.7 Å². The molecular formula is C32H37F2N7O3. The van der Waals surface area contributed by atoms with Crippen LogP contribution < -0.4 is 20.0 Å². The SMILES string of the molecule is CC(C)Oc1cc(N2C[C@H](C)O[C@@H](C)C2)c(-c2cnn(C)c2)cc1Nc1cc(N2OCC[C@@H]2c2cccc(F)c2F)ncn1. The summed E-state index contributed by atoms with van der Waals surface area (Å²) in [6, 6.07) is 9.46. The molecule has 0 bridgehead atoms. The molecule has 12 heteroatoms. The number of nitrogens with zero attached hydrogens (tertiary/aromatic N) is 6. The van der Waals surface area contributed by atoms with Gasteiger partial charge in [-0.3, -0.25) is 9.52 Å². The van der Waals surface area contributed by atoms with Crippen LogP contribution in [0.3, 0.4) is 0 Å². The lowest BCUT2D eigenvalue weighted by Gasteiger charge is -2.38. The first-order valence-corrected chi connectivity index (χ1v) is 14.9. The number of rotatable bonds is 8. The quantitative estimate of drug-likeness (QED) is 0.253. The van der Waals surface area contributed by atoms with Crippen LogP contribution in [0.15, 0.2) is 55.1 Å². The van der Waals surface area contributed by atoms with Gasteiger partial charge in [-0.15, -0.1) is 0 Å². The van der Waals surface area contributed by atoms with E-state index in [9.17, 15) is 8.78 Å². The van der Waals surface area contributed by atoms with E-state index in [0.29, 0.717) is 36.1 Å². The number of benzene rings is 2. The minimum atomic E-state index is -0.897. The Hall–Kier alpha value is -4.29. The van der Waals surface area contributed by atoms with Crippen molar-refractivity contribution in [3.8, 4) is 16.9 Å². The first-order valence-electron chi connectivity index (χ1n) is 14.9. The van der Waals surface area contributed by atoms with Crippen molar-refractivity contribution in [1.29, 1.82) is 0 Å². The van der Waals surface area contributed by atoms with Crippen LogP contribution in [0.4, 0.5) is 31.8 Å². The Balaban J connectivity index is 1.38. The van der Waals surface area contributed by atoms with Crippen LogP contribution in [0.2, 0.25) is 0 Å². The van der Waals surface area contributed by atoms with E-state index in [1.54, 1.807) is 16.8 Å². The zero-order chi connectivity index (χ0) is 31.0. The Morgan fingerprint density at radius 2 is 1.86 bits per heavy atom. The molecule has 2 aliphatic rings. The predicted molar refractivity (Wildman–Crippen MR) is 164 cm³/mol. The molecule has 6 rings (SSSR count). The van der Waals surface area contributed by atoms with Gasteiger partial charge in [0.05, 0.1) is 42.8 Å². The molecule has 4 heterocycles. The number of halogens is 2. The molecule has 2 fully saturated rings. The molecule has 0 saturated carbocycles. The van der Waals surface area contributed by atoms with Crippen LogP contribution in [0, 0.1) is 11.6 Å². The van der Waals surface area contributed by atoms with Gasteiger partial charge >= 0.3 is 0 Å². The molecule has 232 valence electrons. The topological polar surface area (TPSA) is 89.8 Å². The second-order valence-electron chi connectivity index (χ2n) is 11.6. The van der Waals surface area contributed by atoms with Crippen molar-refractivity contribution in [3.05, 3.63) is 72.3 Å². The Morgan fingerprint density at radius 3 is 2.59 bits per heavy atom. The average molecular weight is 606 g/mol. The maximum atomic E-state index is 14.7. The van der Waals surface area contributed by atoms with E-state index >= 15 is 0 Å². The molecule has 0 spiro atoms. The van der Waals surface area contributed by atoms with Crippen LogP contribution >= 0.6 is 0 Å². The van der Waals surface area contributed by atoms with Gasteiger partial charge in [0.2, 0.25) is 0 Å². The number of anilines is 4. The lowest BCUT2D eigenvalue weighted by atomic mass is 10.0. The molecule has 2 aromatic carbocycles. The van der Waals surface area contributed by atoms with Crippen LogP contribution in [-0.4, -0.2) is 57.8 Å². The van der Waals surface area contributed by atoms with Gasteiger partial charge in [0, 0.05) is 67.3 Å². The molecule has 3 atom stereocenters. The third kappa shape index (κ3) is 6.18. The van der Waals surface area contributed by atoms with Crippen molar-refractivity contribution in [2.24, 2.45) is 7.05 Å². The zero-order valence-corrected chi connectivity index (χ0v) is 25.5. The minimum absolute atomic E-state index is 0.0738. The molecule has 0 aliphatic carbocycles. The highest BCUT2D eigenvalue weighted by molar-refractivity contribution is 5.85. The van der Waals surface area contributed by atoms with Crippen molar-refractivity contribution < 1.29 is 23.1 Å². The van der Waals surface area contributed by atoms with E-state index in [-0.39, 0.29) is 23.9 Å². The summed E-state index contributed by atoms with van der Waals surface area (Å²) < 4.78 is 42.9. The third-order valence-corrected chi connectivity index (χ3v) is 7.62. The van der Waals surface area contributed by atoms with Crippen LogP contribution in [-0.2, 0) is 16.6 Å². The van der Waals surface area contributed by atoms with Gasteiger partial charge in [0.25, 0.3) is 0 Å². The van der Waals surface area contributed by atoms with Gasteiger partial charge in [-0.25, -0.2) is 23.8 Å². The fourth-order valence-corrected chi connectivity index (χ4v) is 5.88. The summed E-state index contributed by atoms with van der Waals surface area (Å²) in [6.07, 6.45) is 5.78. The van der Waals surface area contributed by atoms with E-state index in [1.807, 2.05) is 39.4 Å².